The molecule has 104 valence electrons. The molecular formula is C15H20BrNO2. The summed E-state index contributed by atoms with van der Waals surface area (Å²) in [6, 6.07) is 5.66. The summed E-state index contributed by atoms with van der Waals surface area (Å²) >= 11 is 3.40. The molecule has 2 rings (SSSR count). The Hall–Kier alpha value is -1.03. The van der Waals surface area contributed by atoms with Crippen molar-refractivity contribution in [3.8, 4) is 0 Å². The first-order valence-corrected chi connectivity index (χ1v) is 7.65. The molecule has 1 aliphatic carbocycles. The quantitative estimate of drug-likeness (QED) is 0.803. The molecule has 0 spiro atoms. The number of hydrogen-bond acceptors (Lipinski definition) is 2. The molecule has 1 aromatic carbocycles. The summed E-state index contributed by atoms with van der Waals surface area (Å²) in [7, 11) is 0. The smallest absolute Gasteiger partial charge is 0.337 e. The van der Waals surface area contributed by atoms with Crippen molar-refractivity contribution in [2.75, 3.05) is 5.32 Å². The number of rotatable bonds is 3. The van der Waals surface area contributed by atoms with Crippen LogP contribution >= 0.6 is 15.9 Å². The van der Waals surface area contributed by atoms with Crippen molar-refractivity contribution < 1.29 is 9.90 Å². The highest BCUT2D eigenvalue weighted by Crippen LogP contribution is 2.28. The van der Waals surface area contributed by atoms with Crippen molar-refractivity contribution >= 4 is 27.6 Å². The molecule has 0 heterocycles. The Morgan fingerprint density at radius 3 is 2.84 bits per heavy atom. The molecule has 0 bridgehead atoms. The molecule has 1 aromatic rings. The Balaban J connectivity index is 2.13. The lowest BCUT2D eigenvalue weighted by Crippen LogP contribution is -2.20. The van der Waals surface area contributed by atoms with E-state index in [4.69, 9.17) is 0 Å². The second kappa shape index (κ2) is 6.42. The highest BCUT2D eigenvalue weighted by molar-refractivity contribution is 9.10. The maximum absolute atomic E-state index is 11.2. The SMILES string of the molecule is CC1CCCC(Nc2cc(Br)ccc2C(=O)O)CC1. The number of carboxylic acid groups (broad SMARTS) is 1. The molecule has 2 unspecified atom stereocenters. The standard InChI is InChI=1S/C15H20BrNO2/c1-10-3-2-4-12(7-5-10)17-14-9-11(16)6-8-13(14)15(18)19/h6,8-10,12,17H,2-5,7H2,1H3,(H,18,19). The van der Waals surface area contributed by atoms with Gasteiger partial charge in [-0.15, -0.1) is 0 Å². The van der Waals surface area contributed by atoms with Crippen molar-refractivity contribution in [1.82, 2.24) is 0 Å². The van der Waals surface area contributed by atoms with Crippen LogP contribution in [0.2, 0.25) is 0 Å². The van der Waals surface area contributed by atoms with Gasteiger partial charge in [-0.2, -0.15) is 0 Å². The van der Waals surface area contributed by atoms with Crippen LogP contribution in [0.4, 0.5) is 5.69 Å². The van der Waals surface area contributed by atoms with Gasteiger partial charge in [-0.05, 0) is 43.4 Å². The molecule has 0 aliphatic heterocycles. The molecule has 2 atom stereocenters. The molecule has 0 amide bonds. The first-order chi connectivity index (χ1) is 9.06. The van der Waals surface area contributed by atoms with Crippen molar-refractivity contribution in [1.29, 1.82) is 0 Å². The summed E-state index contributed by atoms with van der Waals surface area (Å²) in [6.07, 6.45) is 5.95. The Morgan fingerprint density at radius 1 is 1.32 bits per heavy atom. The zero-order valence-electron chi connectivity index (χ0n) is 11.2. The second-order valence-electron chi connectivity index (χ2n) is 5.45. The molecule has 1 aliphatic rings. The summed E-state index contributed by atoms with van der Waals surface area (Å²) in [5.74, 6) is -0.0924. The van der Waals surface area contributed by atoms with Gasteiger partial charge >= 0.3 is 5.97 Å². The van der Waals surface area contributed by atoms with Crippen molar-refractivity contribution in [2.45, 2.75) is 45.1 Å². The average Bonchev–Trinajstić information content (AvgIpc) is 2.54. The number of carboxylic acids is 1. The van der Waals surface area contributed by atoms with Crippen LogP contribution in [0.3, 0.4) is 0 Å². The first-order valence-electron chi connectivity index (χ1n) is 6.85. The topological polar surface area (TPSA) is 49.3 Å². The van der Waals surface area contributed by atoms with Crippen LogP contribution in [-0.2, 0) is 0 Å². The van der Waals surface area contributed by atoms with Crippen LogP contribution in [0.15, 0.2) is 22.7 Å². The molecule has 3 nitrogen and oxygen atoms in total. The molecule has 2 N–H and O–H groups in total. The number of nitrogens with one attached hydrogen (secondary N) is 1. The van der Waals surface area contributed by atoms with E-state index in [1.807, 2.05) is 6.07 Å². The summed E-state index contributed by atoms with van der Waals surface area (Å²) in [5, 5.41) is 12.6. The van der Waals surface area contributed by atoms with E-state index in [-0.39, 0.29) is 0 Å². The van der Waals surface area contributed by atoms with Gasteiger partial charge in [0, 0.05) is 10.5 Å². The van der Waals surface area contributed by atoms with Gasteiger partial charge < -0.3 is 10.4 Å². The third-order valence-corrected chi connectivity index (χ3v) is 4.32. The van der Waals surface area contributed by atoms with Crippen molar-refractivity contribution in [2.24, 2.45) is 5.92 Å². The summed E-state index contributed by atoms with van der Waals surface area (Å²) in [5.41, 5.74) is 1.07. The molecule has 1 saturated carbocycles. The lowest BCUT2D eigenvalue weighted by Gasteiger charge is -2.19. The van der Waals surface area contributed by atoms with E-state index in [0.29, 0.717) is 11.6 Å². The van der Waals surface area contributed by atoms with Gasteiger partial charge in [0.2, 0.25) is 0 Å². The Morgan fingerprint density at radius 2 is 2.11 bits per heavy atom. The van der Waals surface area contributed by atoms with Gasteiger partial charge in [0.15, 0.2) is 0 Å². The van der Waals surface area contributed by atoms with E-state index in [0.717, 1.165) is 28.9 Å². The first kappa shape index (κ1) is 14.4. The van der Waals surface area contributed by atoms with Gasteiger partial charge in [-0.25, -0.2) is 4.79 Å². The molecule has 0 saturated heterocycles. The predicted molar refractivity (Wildman–Crippen MR) is 80.8 cm³/mol. The predicted octanol–water partition coefficient (Wildman–Crippen LogP) is 4.53. The van der Waals surface area contributed by atoms with E-state index < -0.39 is 5.97 Å². The van der Waals surface area contributed by atoms with Gasteiger partial charge in [-0.1, -0.05) is 35.7 Å². The van der Waals surface area contributed by atoms with E-state index >= 15 is 0 Å². The fraction of sp³-hybridized carbons (Fsp3) is 0.533. The van der Waals surface area contributed by atoms with Crippen LogP contribution in [0.1, 0.15) is 49.4 Å². The van der Waals surface area contributed by atoms with Crippen molar-refractivity contribution in [3.63, 3.8) is 0 Å². The second-order valence-corrected chi connectivity index (χ2v) is 6.37. The normalized spacial score (nSPS) is 23.7. The average molecular weight is 326 g/mol. The van der Waals surface area contributed by atoms with Gasteiger partial charge in [0.1, 0.15) is 0 Å². The number of anilines is 1. The van der Waals surface area contributed by atoms with E-state index in [1.54, 1.807) is 12.1 Å². The summed E-state index contributed by atoms with van der Waals surface area (Å²) in [4.78, 5) is 11.2. The molecule has 0 radical (unpaired) electrons. The van der Waals surface area contributed by atoms with E-state index in [2.05, 4.69) is 28.2 Å². The maximum Gasteiger partial charge on any atom is 0.337 e. The number of hydrogen-bond donors (Lipinski definition) is 2. The number of benzene rings is 1. The number of halogens is 1. The zero-order valence-corrected chi connectivity index (χ0v) is 12.7. The minimum Gasteiger partial charge on any atom is -0.478 e. The lowest BCUT2D eigenvalue weighted by atomic mass is 10.0. The summed E-state index contributed by atoms with van der Waals surface area (Å²) < 4.78 is 0.905. The highest BCUT2D eigenvalue weighted by atomic mass is 79.9. The number of aromatic carboxylic acids is 1. The highest BCUT2D eigenvalue weighted by Gasteiger charge is 2.18. The van der Waals surface area contributed by atoms with E-state index in [1.165, 1.54) is 19.3 Å². The monoisotopic (exact) mass is 325 g/mol. The number of carbonyl (C=O) groups is 1. The van der Waals surface area contributed by atoms with Gasteiger partial charge in [-0.3, -0.25) is 0 Å². The molecule has 0 aromatic heterocycles. The lowest BCUT2D eigenvalue weighted by molar-refractivity contribution is 0.0698. The van der Waals surface area contributed by atoms with Gasteiger partial charge in [0.05, 0.1) is 11.3 Å². The fourth-order valence-electron chi connectivity index (χ4n) is 2.67. The van der Waals surface area contributed by atoms with Crippen LogP contribution in [0.5, 0.6) is 0 Å². The summed E-state index contributed by atoms with van der Waals surface area (Å²) in [6.45, 7) is 2.30. The molecule has 1 fully saturated rings. The molecule has 4 heteroatoms. The van der Waals surface area contributed by atoms with E-state index in [9.17, 15) is 9.90 Å². The van der Waals surface area contributed by atoms with Crippen LogP contribution in [0, 0.1) is 5.92 Å². The largest absolute Gasteiger partial charge is 0.478 e. The molecular weight excluding hydrogens is 306 g/mol. The van der Waals surface area contributed by atoms with Crippen molar-refractivity contribution in [3.05, 3.63) is 28.2 Å². The maximum atomic E-state index is 11.2. The van der Waals surface area contributed by atoms with Crippen LogP contribution in [-0.4, -0.2) is 17.1 Å². The third kappa shape index (κ3) is 3.96. The Labute approximate surface area is 122 Å². The Bertz CT molecular complexity index is 461. The minimum absolute atomic E-state index is 0.348. The third-order valence-electron chi connectivity index (χ3n) is 3.83. The van der Waals surface area contributed by atoms with Crippen LogP contribution in [0.25, 0.3) is 0 Å². The van der Waals surface area contributed by atoms with Gasteiger partial charge in [0.25, 0.3) is 0 Å². The van der Waals surface area contributed by atoms with Crippen LogP contribution < -0.4 is 5.32 Å². The minimum atomic E-state index is -0.878. The fourth-order valence-corrected chi connectivity index (χ4v) is 3.03. The molecule has 19 heavy (non-hydrogen) atoms. The zero-order chi connectivity index (χ0) is 13.8. The Kier molecular flexibility index (Phi) is 4.86.